The summed E-state index contributed by atoms with van der Waals surface area (Å²) >= 11 is 0. The van der Waals surface area contributed by atoms with E-state index in [1.807, 2.05) is 0 Å². The van der Waals surface area contributed by atoms with Gasteiger partial charge in [-0.05, 0) is 36.3 Å². The lowest BCUT2D eigenvalue weighted by atomic mass is 9.96. The van der Waals surface area contributed by atoms with Crippen LogP contribution in [0.25, 0.3) is 5.57 Å². The Morgan fingerprint density at radius 2 is 2.06 bits per heavy atom. The Morgan fingerprint density at radius 1 is 1.39 bits per heavy atom. The summed E-state index contributed by atoms with van der Waals surface area (Å²) in [6.45, 7) is 1.46. The summed E-state index contributed by atoms with van der Waals surface area (Å²) in [5.74, 6) is -1.50. The summed E-state index contributed by atoms with van der Waals surface area (Å²) in [5, 5.41) is 10.0. The van der Waals surface area contributed by atoms with Crippen molar-refractivity contribution in [1.82, 2.24) is 0 Å². The number of ether oxygens (including phenoxy) is 1. The van der Waals surface area contributed by atoms with E-state index in [1.165, 1.54) is 20.1 Å². The lowest BCUT2D eigenvalue weighted by molar-refractivity contribution is -0.139. The number of fused-ring (bicyclic) bond motifs is 1. The molecule has 1 aromatic carbocycles. The maximum atomic E-state index is 11.9. The van der Waals surface area contributed by atoms with E-state index in [2.05, 4.69) is 0 Å². The molecule has 1 heterocycles. The number of hydrogen-bond donors (Lipinski definition) is 1. The number of rotatable bonds is 3. The first kappa shape index (κ1) is 12.6. The number of carboxylic acid groups (broad SMARTS) is 1. The summed E-state index contributed by atoms with van der Waals surface area (Å²) < 4.78 is 28.8. The van der Waals surface area contributed by atoms with E-state index < -0.39 is 21.7 Å². The second-order valence-corrected chi connectivity index (χ2v) is 5.81. The van der Waals surface area contributed by atoms with Gasteiger partial charge in [0.1, 0.15) is 5.75 Å². The molecule has 0 saturated carbocycles. The van der Waals surface area contributed by atoms with E-state index in [1.54, 1.807) is 12.1 Å². The van der Waals surface area contributed by atoms with Crippen molar-refractivity contribution in [1.29, 1.82) is 0 Å². The monoisotopic (exact) mass is 268 g/mol. The van der Waals surface area contributed by atoms with Crippen molar-refractivity contribution in [3.8, 4) is 5.75 Å². The van der Waals surface area contributed by atoms with Crippen LogP contribution in [0.5, 0.6) is 5.75 Å². The smallest absolute Gasteiger partial charge is 0.310 e. The molecule has 0 spiro atoms. The van der Waals surface area contributed by atoms with Gasteiger partial charge in [-0.3, -0.25) is 4.79 Å². The quantitative estimate of drug-likeness (QED) is 0.899. The molecule has 0 aromatic heterocycles. The highest BCUT2D eigenvalue weighted by molar-refractivity contribution is 7.95. The predicted octanol–water partition coefficient (Wildman–Crippen LogP) is 1.54. The summed E-state index contributed by atoms with van der Waals surface area (Å²) in [4.78, 5) is 11.1. The van der Waals surface area contributed by atoms with Crippen molar-refractivity contribution in [3.63, 3.8) is 0 Å². The number of benzene rings is 1. The third-order valence-corrected chi connectivity index (χ3v) is 4.44. The molecule has 1 aromatic rings. The average Bonchev–Trinajstić information content (AvgIpc) is 2.60. The Bertz CT molecular complexity index is 642. The number of carboxylic acids is 1. The zero-order valence-corrected chi connectivity index (χ0v) is 10.7. The van der Waals surface area contributed by atoms with Crippen LogP contribution in [0.4, 0.5) is 0 Å². The molecular weight excluding hydrogens is 256 g/mol. The molecule has 0 saturated heterocycles. The van der Waals surface area contributed by atoms with Gasteiger partial charge in [0.2, 0.25) is 9.84 Å². The summed E-state index contributed by atoms with van der Waals surface area (Å²) in [6.07, 6.45) is 0. The SMILES string of the molecule is COc1ccc2c(c1)S(=O)(=O)C=C2C(C)C(=O)O. The Labute approximate surface area is 105 Å². The average molecular weight is 268 g/mol. The fourth-order valence-electron chi connectivity index (χ4n) is 1.87. The van der Waals surface area contributed by atoms with Crippen LogP contribution in [0.2, 0.25) is 0 Å². The van der Waals surface area contributed by atoms with Gasteiger partial charge < -0.3 is 9.84 Å². The zero-order valence-electron chi connectivity index (χ0n) is 9.88. The zero-order chi connectivity index (χ0) is 13.5. The van der Waals surface area contributed by atoms with Crippen LogP contribution in [0.1, 0.15) is 12.5 Å². The van der Waals surface area contributed by atoms with Crippen molar-refractivity contribution >= 4 is 21.4 Å². The van der Waals surface area contributed by atoms with Gasteiger partial charge in [-0.15, -0.1) is 0 Å². The summed E-state index contributed by atoms with van der Waals surface area (Å²) in [7, 11) is -2.13. The Morgan fingerprint density at radius 3 is 2.61 bits per heavy atom. The molecule has 1 aliphatic rings. The molecule has 1 unspecified atom stereocenters. The van der Waals surface area contributed by atoms with E-state index in [-0.39, 0.29) is 4.90 Å². The van der Waals surface area contributed by atoms with Crippen LogP contribution in [0.3, 0.4) is 0 Å². The highest BCUT2D eigenvalue weighted by Crippen LogP contribution is 2.39. The number of carbonyl (C=O) groups is 1. The van der Waals surface area contributed by atoms with E-state index >= 15 is 0 Å². The molecule has 0 aliphatic carbocycles. The highest BCUT2D eigenvalue weighted by Gasteiger charge is 2.32. The lowest BCUT2D eigenvalue weighted by Crippen LogP contribution is -2.10. The standard InChI is InChI=1S/C12H12O5S/c1-7(12(13)14)10-6-18(15,16)11-5-8(17-2)3-4-9(10)11/h3-7H,1-2H3,(H,13,14). The maximum absolute atomic E-state index is 11.9. The van der Waals surface area contributed by atoms with E-state index in [4.69, 9.17) is 9.84 Å². The molecule has 0 amide bonds. The number of aliphatic carboxylic acids is 1. The van der Waals surface area contributed by atoms with Crippen LogP contribution in [0, 0.1) is 5.92 Å². The van der Waals surface area contributed by atoms with Gasteiger partial charge >= 0.3 is 5.97 Å². The van der Waals surface area contributed by atoms with E-state index in [9.17, 15) is 13.2 Å². The third-order valence-electron chi connectivity index (χ3n) is 2.93. The molecule has 96 valence electrons. The van der Waals surface area contributed by atoms with Crippen molar-refractivity contribution in [3.05, 3.63) is 29.2 Å². The van der Waals surface area contributed by atoms with Crippen molar-refractivity contribution in [2.45, 2.75) is 11.8 Å². The molecule has 0 fully saturated rings. The van der Waals surface area contributed by atoms with Crippen LogP contribution in [-0.2, 0) is 14.6 Å². The Balaban J connectivity index is 2.62. The van der Waals surface area contributed by atoms with Crippen LogP contribution in [0.15, 0.2) is 28.5 Å². The van der Waals surface area contributed by atoms with Gasteiger partial charge in [0.05, 0.1) is 17.9 Å². The molecule has 6 heteroatoms. The van der Waals surface area contributed by atoms with Crippen molar-refractivity contribution in [2.75, 3.05) is 7.11 Å². The predicted molar refractivity (Wildman–Crippen MR) is 65.0 cm³/mol. The minimum Gasteiger partial charge on any atom is -0.497 e. The maximum Gasteiger partial charge on any atom is 0.310 e. The minimum absolute atomic E-state index is 0.102. The topological polar surface area (TPSA) is 80.7 Å². The molecule has 1 atom stereocenters. The molecule has 2 rings (SSSR count). The molecule has 0 bridgehead atoms. The Kier molecular flexibility index (Phi) is 2.90. The molecule has 0 radical (unpaired) electrons. The highest BCUT2D eigenvalue weighted by atomic mass is 32.2. The second kappa shape index (κ2) is 4.13. The van der Waals surface area contributed by atoms with E-state index in [0.717, 1.165) is 5.41 Å². The van der Waals surface area contributed by atoms with Gasteiger partial charge in [-0.1, -0.05) is 0 Å². The normalized spacial score (nSPS) is 17.8. The van der Waals surface area contributed by atoms with Crippen LogP contribution >= 0.6 is 0 Å². The number of sulfone groups is 1. The van der Waals surface area contributed by atoms with E-state index in [0.29, 0.717) is 16.9 Å². The minimum atomic E-state index is -3.57. The van der Waals surface area contributed by atoms with Crippen molar-refractivity contribution < 1.29 is 23.1 Å². The van der Waals surface area contributed by atoms with Crippen molar-refractivity contribution in [2.24, 2.45) is 5.92 Å². The molecule has 1 aliphatic heterocycles. The second-order valence-electron chi connectivity index (χ2n) is 4.04. The first-order valence-electron chi connectivity index (χ1n) is 5.24. The summed E-state index contributed by atoms with van der Waals surface area (Å²) in [6, 6.07) is 4.59. The molecular formula is C12H12O5S. The largest absolute Gasteiger partial charge is 0.497 e. The first-order valence-corrected chi connectivity index (χ1v) is 6.79. The molecule has 5 nitrogen and oxygen atoms in total. The number of hydrogen-bond acceptors (Lipinski definition) is 4. The van der Waals surface area contributed by atoms with Gasteiger partial charge in [-0.25, -0.2) is 8.42 Å². The van der Waals surface area contributed by atoms with Crippen LogP contribution < -0.4 is 4.74 Å². The molecule has 18 heavy (non-hydrogen) atoms. The van der Waals surface area contributed by atoms with Gasteiger partial charge in [0.25, 0.3) is 0 Å². The van der Waals surface area contributed by atoms with Crippen LogP contribution in [-0.4, -0.2) is 26.6 Å². The first-order chi connectivity index (χ1) is 8.36. The van der Waals surface area contributed by atoms with Gasteiger partial charge in [0.15, 0.2) is 0 Å². The lowest BCUT2D eigenvalue weighted by Gasteiger charge is -2.09. The Hall–Kier alpha value is -1.82. The summed E-state index contributed by atoms with van der Waals surface area (Å²) in [5.41, 5.74) is 0.742. The van der Waals surface area contributed by atoms with Gasteiger partial charge in [-0.2, -0.15) is 0 Å². The fourth-order valence-corrected chi connectivity index (χ4v) is 3.43. The third kappa shape index (κ3) is 1.88. The fraction of sp³-hybridized carbons (Fsp3) is 0.250. The van der Waals surface area contributed by atoms with Gasteiger partial charge in [0, 0.05) is 5.41 Å². The molecule has 1 N–H and O–H groups in total. The number of methoxy groups -OCH3 is 1.